The zero-order valence-electron chi connectivity index (χ0n) is 14.2. The van der Waals surface area contributed by atoms with Gasteiger partial charge in [-0.25, -0.2) is 4.98 Å². The Kier molecular flexibility index (Phi) is 5.63. The number of carbonyl (C=O) groups is 1. The SMILES string of the molecule is CCOc1cc(C(=O)NCC(O)C2Cc3ccccc3CN2)ccn1. The highest BCUT2D eigenvalue weighted by Gasteiger charge is 2.24. The molecule has 0 saturated carbocycles. The van der Waals surface area contributed by atoms with Crippen LogP contribution in [0.1, 0.15) is 28.4 Å². The molecule has 3 N–H and O–H groups in total. The number of hydrogen-bond acceptors (Lipinski definition) is 5. The van der Waals surface area contributed by atoms with Gasteiger partial charge in [0.15, 0.2) is 0 Å². The molecule has 0 aliphatic carbocycles. The molecule has 1 aromatic carbocycles. The van der Waals surface area contributed by atoms with Crippen LogP contribution in [0, 0.1) is 0 Å². The van der Waals surface area contributed by atoms with E-state index in [2.05, 4.69) is 27.8 Å². The normalized spacial score (nSPS) is 17.4. The van der Waals surface area contributed by atoms with Crippen molar-refractivity contribution in [3.63, 3.8) is 0 Å². The second-order valence-electron chi connectivity index (χ2n) is 6.05. The van der Waals surface area contributed by atoms with E-state index in [0.717, 1.165) is 13.0 Å². The topological polar surface area (TPSA) is 83.5 Å². The van der Waals surface area contributed by atoms with E-state index < -0.39 is 6.10 Å². The molecular formula is C19H23N3O3. The van der Waals surface area contributed by atoms with Gasteiger partial charge in [-0.1, -0.05) is 24.3 Å². The molecule has 2 atom stereocenters. The van der Waals surface area contributed by atoms with Gasteiger partial charge in [0.2, 0.25) is 5.88 Å². The fraction of sp³-hybridized carbons (Fsp3) is 0.368. The Balaban J connectivity index is 1.55. The van der Waals surface area contributed by atoms with Crippen LogP contribution in [0.15, 0.2) is 42.6 Å². The second-order valence-corrected chi connectivity index (χ2v) is 6.05. The van der Waals surface area contributed by atoms with E-state index in [0.29, 0.717) is 18.1 Å². The maximum Gasteiger partial charge on any atom is 0.251 e. The quantitative estimate of drug-likeness (QED) is 0.737. The number of fused-ring (bicyclic) bond motifs is 1. The number of ether oxygens (including phenoxy) is 1. The molecule has 6 nitrogen and oxygen atoms in total. The first-order valence-electron chi connectivity index (χ1n) is 8.52. The van der Waals surface area contributed by atoms with Crippen molar-refractivity contribution in [2.75, 3.05) is 13.2 Å². The molecule has 2 heterocycles. The predicted molar refractivity (Wildman–Crippen MR) is 94.5 cm³/mol. The third-order valence-electron chi connectivity index (χ3n) is 4.34. The van der Waals surface area contributed by atoms with E-state index in [1.807, 2.05) is 19.1 Å². The van der Waals surface area contributed by atoms with Crippen molar-refractivity contribution in [2.24, 2.45) is 0 Å². The van der Waals surface area contributed by atoms with Gasteiger partial charge >= 0.3 is 0 Å². The van der Waals surface area contributed by atoms with E-state index in [1.165, 1.54) is 17.3 Å². The van der Waals surface area contributed by atoms with Gasteiger partial charge in [0.1, 0.15) is 0 Å². The van der Waals surface area contributed by atoms with Gasteiger partial charge in [0.25, 0.3) is 5.91 Å². The number of benzene rings is 1. The highest BCUT2D eigenvalue weighted by atomic mass is 16.5. The fourth-order valence-corrected chi connectivity index (χ4v) is 2.97. The van der Waals surface area contributed by atoms with Crippen molar-refractivity contribution in [3.8, 4) is 5.88 Å². The Bertz CT molecular complexity index is 735. The fourth-order valence-electron chi connectivity index (χ4n) is 2.97. The van der Waals surface area contributed by atoms with Crippen LogP contribution in [0.2, 0.25) is 0 Å². The standard InChI is InChI=1S/C19H23N3O3/c1-2-25-18-10-14(7-8-20-18)19(24)22-12-17(23)16-9-13-5-3-4-6-15(13)11-21-16/h3-8,10,16-17,21,23H,2,9,11-12H2,1H3,(H,22,24). The highest BCUT2D eigenvalue weighted by molar-refractivity contribution is 5.94. The summed E-state index contributed by atoms with van der Waals surface area (Å²) in [6, 6.07) is 11.3. The molecule has 2 unspecified atom stereocenters. The van der Waals surface area contributed by atoms with Crippen molar-refractivity contribution < 1.29 is 14.6 Å². The van der Waals surface area contributed by atoms with Crippen molar-refractivity contribution in [1.82, 2.24) is 15.6 Å². The third kappa shape index (κ3) is 4.35. The summed E-state index contributed by atoms with van der Waals surface area (Å²) < 4.78 is 5.30. The van der Waals surface area contributed by atoms with Gasteiger partial charge in [0, 0.05) is 37.0 Å². The second kappa shape index (κ2) is 8.09. The summed E-state index contributed by atoms with van der Waals surface area (Å²) in [5, 5.41) is 16.5. The number of amides is 1. The van der Waals surface area contributed by atoms with Crippen LogP contribution in [0.3, 0.4) is 0 Å². The van der Waals surface area contributed by atoms with Gasteiger partial charge in [-0.2, -0.15) is 0 Å². The van der Waals surface area contributed by atoms with E-state index in [9.17, 15) is 9.90 Å². The average Bonchev–Trinajstić information content (AvgIpc) is 2.66. The maximum absolute atomic E-state index is 12.3. The van der Waals surface area contributed by atoms with Crippen LogP contribution in [0.25, 0.3) is 0 Å². The van der Waals surface area contributed by atoms with Crippen molar-refractivity contribution in [1.29, 1.82) is 0 Å². The summed E-state index contributed by atoms with van der Waals surface area (Å²) in [5.41, 5.74) is 2.97. The van der Waals surface area contributed by atoms with E-state index in [1.54, 1.807) is 12.1 Å². The predicted octanol–water partition coefficient (Wildman–Crippen LogP) is 1.29. The number of nitrogens with one attached hydrogen (secondary N) is 2. The first-order chi connectivity index (χ1) is 12.2. The Labute approximate surface area is 147 Å². The zero-order chi connectivity index (χ0) is 17.6. The minimum Gasteiger partial charge on any atom is -0.478 e. The minimum absolute atomic E-state index is 0.0772. The van der Waals surface area contributed by atoms with Gasteiger partial charge < -0.3 is 20.5 Å². The van der Waals surface area contributed by atoms with E-state index in [4.69, 9.17) is 4.74 Å². The highest BCUT2D eigenvalue weighted by Crippen LogP contribution is 2.17. The van der Waals surface area contributed by atoms with Crippen LogP contribution in [0.4, 0.5) is 0 Å². The molecule has 6 heteroatoms. The lowest BCUT2D eigenvalue weighted by Crippen LogP contribution is -2.49. The molecule has 2 aromatic rings. The third-order valence-corrected chi connectivity index (χ3v) is 4.34. The largest absolute Gasteiger partial charge is 0.478 e. The molecular weight excluding hydrogens is 318 g/mol. The molecule has 1 amide bonds. The molecule has 3 rings (SSSR count). The Hall–Kier alpha value is -2.44. The first kappa shape index (κ1) is 17.4. The zero-order valence-corrected chi connectivity index (χ0v) is 14.2. The lowest BCUT2D eigenvalue weighted by molar-refractivity contribution is 0.0869. The number of pyridine rings is 1. The summed E-state index contributed by atoms with van der Waals surface area (Å²) in [5.74, 6) is 0.167. The van der Waals surface area contributed by atoms with Crippen LogP contribution in [-0.4, -0.2) is 41.3 Å². The van der Waals surface area contributed by atoms with E-state index in [-0.39, 0.29) is 18.5 Å². The molecule has 0 saturated heterocycles. The van der Waals surface area contributed by atoms with Gasteiger partial charge in [-0.3, -0.25) is 4.79 Å². The summed E-state index contributed by atoms with van der Waals surface area (Å²) in [6.45, 7) is 3.27. The number of aromatic nitrogens is 1. The van der Waals surface area contributed by atoms with Gasteiger partial charge in [-0.15, -0.1) is 0 Å². The number of carbonyl (C=O) groups excluding carboxylic acids is 1. The Morgan fingerprint density at radius 3 is 3.00 bits per heavy atom. The molecule has 1 aliphatic heterocycles. The van der Waals surface area contributed by atoms with Crippen molar-refractivity contribution in [2.45, 2.75) is 32.0 Å². The lowest BCUT2D eigenvalue weighted by atomic mass is 9.93. The number of nitrogens with zero attached hydrogens (tertiary/aromatic N) is 1. The van der Waals surface area contributed by atoms with Crippen molar-refractivity contribution in [3.05, 3.63) is 59.3 Å². The first-order valence-corrected chi connectivity index (χ1v) is 8.52. The Morgan fingerprint density at radius 1 is 1.40 bits per heavy atom. The van der Waals surface area contributed by atoms with E-state index >= 15 is 0 Å². The molecule has 1 aliphatic rings. The number of aliphatic hydroxyl groups excluding tert-OH is 1. The molecule has 25 heavy (non-hydrogen) atoms. The summed E-state index contributed by atoms with van der Waals surface area (Å²) in [4.78, 5) is 16.3. The number of hydrogen-bond donors (Lipinski definition) is 3. The monoisotopic (exact) mass is 341 g/mol. The van der Waals surface area contributed by atoms with Gasteiger partial charge in [-0.05, 0) is 30.5 Å². The molecule has 0 radical (unpaired) electrons. The molecule has 1 aromatic heterocycles. The van der Waals surface area contributed by atoms with Crippen LogP contribution < -0.4 is 15.4 Å². The maximum atomic E-state index is 12.3. The van der Waals surface area contributed by atoms with Crippen LogP contribution in [-0.2, 0) is 13.0 Å². The van der Waals surface area contributed by atoms with Crippen molar-refractivity contribution >= 4 is 5.91 Å². The summed E-state index contributed by atoms with van der Waals surface area (Å²) in [7, 11) is 0. The summed E-state index contributed by atoms with van der Waals surface area (Å²) >= 11 is 0. The van der Waals surface area contributed by atoms with Gasteiger partial charge in [0.05, 0.1) is 12.7 Å². The number of rotatable bonds is 6. The van der Waals surface area contributed by atoms with Crippen LogP contribution in [0.5, 0.6) is 5.88 Å². The lowest BCUT2D eigenvalue weighted by Gasteiger charge is -2.30. The Morgan fingerprint density at radius 2 is 2.20 bits per heavy atom. The van der Waals surface area contributed by atoms with Crippen LogP contribution >= 0.6 is 0 Å². The molecule has 0 spiro atoms. The molecule has 0 bridgehead atoms. The molecule has 0 fully saturated rings. The average molecular weight is 341 g/mol. The number of aliphatic hydroxyl groups is 1. The molecule has 132 valence electrons. The smallest absolute Gasteiger partial charge is 0.251 e. The summed E-state index contributed by atoms with van der Waals surface area (Å²) in [6.07, 6.45) is 1.62. The minimum atomic E-state index is -0.662.